The number of nitrogens with two attached hydrogens (primary N) is 1. The molecular formula is C27H51NO3. The number of rotatable bonds is 19. The zero-order chi connectivity index (χ0) is 23.0. The fraction of sp³-hybridized carbons (Fsp3) is 0.778. The fourth-order valence-corrected chi connectivity index (χ4v) is 3.68. The van der Waals surface area contributed by atoms with Gasteiger partial charge in [-0.05, 0) is 18.4 Å². The molecule has 1 rings (SSSR count). The summed E-state index contributed by atoms with van der Waals surface area (Å²) < 4.78 is 5.44. The van der Waals surface area contributed by atoms with Crippen LogP contribution in [0.5, 0.6) is 0 Å². The molecule has 0 unspecified atom stereocenters. The minimum atomic E-state index is -0.690. The molecule has 0 saturated heterocycles. The predicted molar refractivity (Wildman–Crippen MR) is 133 cm³/mol. The molecule has 0 heterocycles. The molecule has 182 valence electrons. The van der Waals surface area contributed by atoms with Crippen LogP contribution >= 0.6 is 0 Å². The highest BCUT2D eigenvalue weighted by atomic mass is 16.5. The Labute approximate surface area is 192 Å². The first-order valence-corrected chi connectivity index (χ1v) is 12.8. The highest BCUT2D eigenvalue weighted by molar-refractivity contribution is 5.13. The number of unbranched alkanes of at least 4 members (excludes halogenated alkanes) is 10. The van der Waals surface area contributed by atoms with Gasteiger partial charge in [-0.3, -0.25) is 0 Å². The number of hydrogen-bond acceptors (Lipinski definition) is 4. The molecule has 0 saturated carbocycles. The van der Waals surface area contributed by atoms with Crippen LogP contribution in [0, 0.1) is 0 Å². The van der Waals surface area contributed by atoms with Gasteiger partial charge >= 0.3 is 0 Å². The van der Waals surface area contributed by atoms with Gasteiger partial charge < -0.3 is 20.7 Å². The van der Waals surface area contributed by atoms with Crippen molar-refractivity contribution in [1.82, 2.24) is 0 Å². The molecule has 0 bridgehead atoms. The van der Waals surface area contributed by atoms with E-state index in [0.717, 1.165) is 25.7 Å². The standard InChI is InChI=1S/C20H42O3.C7H9N/c1-3-5-7-9-11-13-15-20(22,19-23-18-17-21)16-14-12-10-8-6-4-2;8-6-7-4-2-1-3-5-7/h21-22H,3-19H2,1-2H3;1-5H,6,8H2. The van der Waals surface area contributed by atoms with E-state index in [1.54, 1.807) is 0 Å². The lowest BCUT2D eigenvalue weighted by atomic mass is 9.90. The lowest BCUT2D eigenvalue weighted by Crippen LogP contribution is -2.35. The monoisotopic (exact) mass is 437 g/mol. The number of hydrogen-bond donors (Lipinski definition) is 3. The SMILES string of the molecule is CCCCCCCCC(O)(CCCCCCCC)COCCO.NCc1ccccc1. The van der Waals surface area contributed by atoms with Crippen LogP contribution in [0.2, 0.25) is 0 Å². The Morgan fingerprint density at radius 1 is 0.774 bits per heavy atom. The normalized spacial score (nSPS) is 11.3. The van der Waals surface area contributed by atoms with Gasteiger partial charge in [-0.1, -0.05) is 121 Å². The van der Waals surface area contributed by atoms with Gasteiger partial charge in [0.1, 0.15) is 0 Å². The van der Waals surface area contributed by atoms with Crippen LogP contribution in [-0.2, 0) is 11.3 Å². The minimum Gasteiger partial charge on any atom is -0.394 e. The van der Waals surface area contributed by atoms with Crippen molar-refractivity contribution in [2.75, 3.05) is 19.8 Å². The summed E-state index contributed by atoms with van der Waals surface area (Å²) in [6.45, 7) is 5.84. The fourth-order valence-electron chi connectivity index (χ4n) is 3.68. The summed E-state index contributed by atoms with van der Waals surface area (Å²) in [6, 6.07) is 9.99. The van der Waals surface area contributed by atoms with Crippen LogP contribution in [0.1, 0.15) is 109 Å². The molecule has 0 aliphatic heterocycles. The van der Waals surface area contributed by atoms with E-state index in [-0.39, 0.29) is 6.61 Å². The quantitative estimate of drug-likeness (QED) is 0.220. The average molecular weight is 438 g/mol. The van der Waals surface area contributed by atoms with Crippen LogP contribution in [0.15, 0.2) is 30.3 Å². The molecule has 4 heteroatoms. The van der Waals surface area contributed by atoms with Gasteiger partial charge in [-0.2, -0.15) is 0 Å². The molecule has 1 aromatic carbocycles. The molecule has 0 amide bonds. The van der Waals surface area contributed by atoms with E-state index in [9.17, 15) is 5.11 Å². The van der Waals surface area contributed by atoms with Gasteiger partial charge in [0.05, 0.1) is 25.4 Å². The van der Waals surface area contributed by atoms with Crippen molar-refractivity contribution >= 4 is 0 Å². The highest BCUT2D eigenvalue weighted by Gasteiger charge is 2.26. The van der Waals surface area contributed by atoms with Crippen LogP contribution in [0.4, 0.5) is 0 Å². The molecule has 0 radical (unpaired) electrons. The maximum atomic E-state index is 10.8. The van der Waals surface area contributed by atoms with Crippen LogP contribution < -0.4 is 5.73 Å². The van der Waals surface area contributed by atoms with Gasteiger partial charge in [0, 0.05) is 6.54 Å². The largest absolute Gasteiger partial charge is 0.394 e. The molecule has 0 atom stereocenters. The summed E-state index contributed by atoms with van der Waals surface area (Å²) in [5.74, 6) is 0. The molecule has 1 aromatic rings. The Hall–Kier alpha value is -0.940. The van der Waals surface area contributed by atoms with E-state index >= 15 is 0 Å². The Bertz CT molecular complexity index is 451. The van der Waals surface area contributed by atoms with E-state index in [2.05, 4.69) is 13.8 Å². The zero-order valence-electron chi connectivity index (χ0n) is 20.5. The molecule has 0 aromatic heterocycles. The first-order chi connectivity index (χ1) is 15.1. The van der Waals surface area contributed by atoms with Crippen molar-refractivity contribution in [2.24, 2.45) is 5.73 Å². The summed E-state index contributed by atoms with van der Waals surface area (Å²) in [5, 5.41) is 19.7. The van der Waals surface area contributed by atoms with E-state index in [1.807, 2.05) is 30.3 Å². The molecule has 0 spiro atoms. The zero-order valence-corrected chi connectivity index (χ0v) is 20.5. The minimum absolute atomic E-state index is 0.0319. The molecule has 4 nitrogen and oxygen atoms in total. The number of benzene rings is 1. The van der Waals surface area contributed by atoms with Crippen molar-refractivity contribution in [3.63, 3.8) is 0 Å². The summed E-state index contributed by atoms with van der Waals surface area (Å²) in [4.78, 5) is 0. The third-order valence-corrected chi connectivity index (χ3v) is 5.68. The van der Waals surface area contributed by atoms with Crippen LogP contribution in [-0.4, -0.2) is 35.6 Å². The third-order valence-electron chi connectivity index (χ3n) is 5.68. The maximum Gasteiger partial charge on any atom is 0.0880 e. The van der Waals surface area contributed by atoms with E-state index in [4.69, 9.17) is 15.6 Å². The third kappa shape index (κ3) is 19.5. The van der Waals surface area contributed by atoms with E-state index in [0.29, 0.717) is 19.8 Å². The van der Waals surface area contributed by atoms with E-state index < -0.39 is 5.60 Å². The molecule has 0 aliphatic rings. The lowest BCUT2D eigenvalue weighted by molar-refractivity contribution is -0.0650. The average Bonchev–Trinajstić information content (AvgIpc) is 2.80. The number of aliphatic hydroxyl groups is 2. The van der Waals surface area contributed by atoms with Gasteiger partial charge in [-0.15, -0.1) is 0 Å². The molecular weight excluding hydrogens is 386 g/mol. The Balaban J connectivity index is 0.000000929. The summed E-state index contributed by atoms with van der Waals surface area (Å²) in [6.07, 6.45) is 16.6. The van der Waals surface area contributed by atoms with E-state index in [1.165, 1.54) is 69.8 Å². The number of aliphatic hydroxyl groups excluding tert-OH is 1. The summed E-state index contributed by atoms with van der Waals surface area (Å²) in [7, 11) is 0. The van der Waals surface area contributed by atoms with Gasteiger partial charge in [-0.25, -0.2) is 0 Å². The summed E-state index contributed by atoms with van der Waals surface area (Å²) >= 11 is 0. The second-order valence-electron chi connectivity index (χ2n) is 8.73. The van der Waals surface area contributed by atoms with Crippen molar-refractivity contribution in [2.45, 2.75) is 116 Å². The first kappa shape index (κ1) is 30.1. The van der Waals surface area contributed by atoms with Crippen LogP contribution in [0.25, 0.3) is 0 Å². The van der Waals surface area contributed by atoms with Crippen molar-refractivity contribution in [3.05, 3.63) is 35.9 Å². The van der Waals surface area contributed by atoms with Crippen molar-refractivity contribution in [1.29, 1.82) is 0 Å². The predicted octanol–water partition coefficient (Wildman–Crippen LogP) is 6.37. The Morgan fingerprint density at radius 3 is 1.68 bits per heavy atom. The molecule has 0 aliphatic carbocycles. The smallest absolute Gasteiger partial charge is 0.0880 e. The van der Waals surface area contributed by atoms with Crippen molar-refractivity contribution in [3.8, 4) is 0 Å². The number of ether oxygens (including phenoxy) is 1. The second kappa shape index (κ2) is 22.3. The maximum absolute atomic E-state index is 10.8. The molecule has 4 N–H and O–H groups in total. The van der Waals surface area contributed by atoms with Gasteiger partial charge in [0.2, 0.25) is 0 Å². The molecule has 0 fully saturated rings. The molecule has 31 heavy (non-hydrogen) atoms. The van der Waals surface area contributed by atoms with Crippen molar-refractivity contribution < 1.29 is 14.9 Å². The Kier molecular flexibility index (Phi) is 21.6. The van der Waals surface area contributed by atoms with Gasteiger partial charge in [0.15, 0.2) is 0 Å². The second-order valence-corrected chi connectivity index (χ2v) is 8.73. The Morgan fingerprint density at radius 2 is 1.26 bits per heavy atom. The highest BCUT2D eigenvalue weighted by Crippen LogP contribution is 2.24. The topological polar surface area (TPSA) is 75.7 Å². The van der Waals surface area contributed by atoms with Crippen LogP contribution in [0.3, 0.4) is 0 Å². The summed E-state index contributed by atoms with van der Waals surface area (Å²) in [5.41, 5.74) is 5.85. The lowest BCUT2D eigenvalue weighted by Gasteiger charge is -2.28. The van der Waals surface area contributed by atoms with Gasteiger partial charge in [0.25, 0.3) is 0 Å². The first-order valence-electron chi connectivity index (χ1n) is 12.8.